The van der Waals surface area contributed by atoms with Crippen molar-refractivity contribution in [1.82, 2.24) is 25.9 Å². The van der Waals surface area contributed by atoms with Gasteiger partial charge >= 0.3 is 0 Å². The Morgan fingerprint density at radius 3 is 1.64 bits per heavy atom. The van der Waals surface area contributed by atoms with Gasteiger partial charge < -0.3 is 20.9 Å². The summed E-state index contributed by atoms with van der Waals surface area (Å²) in [5.74, 6) is 0.123. The van der Waals surface area contributed by atoms with Crippen LogP contribution in [0, 0.1) is 5.92 Å². The van der Waals surface area contributed by atoms with Gasteiger partial charge in [0.15, 0.2) is 0 Å². The molecule has 2 fully saturated rings. The number of amides is 1. The van der Waals surface area contributed by atoms with Crippen LogP contribution in [-0.4, -0.2) is 79.3 Å². The fourth-order valence-electron chi connectivity index (χ4n) is 4.18. The molecule has 0 spiro atoms. The van der Waals surface area contributed by atoms with Crippen molar-refractivity contribution in [3.8, 4) is 0 Å². The third kappa shape index (κ3) is 5.62. The van der Waals surface area contributed by atoms with Crippen molar-refractivity contribution < 1.29 is 10.0 Å². The minimum atomic E-state index is -0.503. The maximum absolute atomic E-state index is 13.2. The van der Waals surface area contributed by atoms with Crippen LogP contribution in [0.15, 0.2) is 0 Å². The van der Waals surface area contributed by atoms with E-state index in [1.54, 1.807) is 0 Å². The third-order valence-corrected chi connectivity index (χ3v) is 5.33. The molecule has 2 saturated heterocycles. The largest absolute Gasteiger partial charge is 0.340 e. The van der Waals surface area contributed by atoms with Crippen LogP contribution in [0.4, 0.5) is 0 Å². The molecule has 2 aliphatic rings. The average Bonchev–Trinajstić information content (AvgIpc) is 2.52. The summed E-state index contributed by atoms with van der Waals surface area (Å²) in [4.78, 5) is 15.2. The zero-order chi connectivity index (χ0) is 18.5. The highest BCUT2D eigenvalue weighted by atomic mass is 16.5. The lowest BCUT2D eigenvalue weighted by Gasteiger charge is -2.50. The van der Waals surface area contributed by atoms with Crippen molar-refractivity contribution in [2.45, 2.75) is 51.6 Å². The monoisotopic (exact) mass is 354 g/mol. The summed E-state index contributed by atoms with van der Waals surface area (Å²) in [6, 6.07) is 0. The Labute approximate surface area is 152 Å². The van der Waals surface area contributed by atoms with Crippen molar-refractivity contribution in [2.24, 2.45) is 5.92 Å². The Kier molecular flexibility index (Phi) is 7.22. The lowest BCUT2D eigenvalue weighted by molar-refractivity contribution is -0.293. The summed E-state index contributed by atoms with van der Waals surface area (Å²) in [5, 5.41) is 23.9. The van der Waals surface area contributed by atoms with Gasteiger partial charge in [-0.05, 0) is 40.5 Å². The van der Waals surface area contributed by atoms with Crippen molar-refractivity contribution in [3.05, 3.63) is 0 Å². The smallest absolute Gasteiger partial charge is 0.225 e. The number of nitrogens with one attached hydrogen (secondary N) is 3. The summed E-state index contributed by atoms with van der Waals surface area (Å²) in [7, 11) is 0. The van der Waals surface area contributed by atoms with Gasteiger partial charge in [-0.3, -0.25) is 4.79 Å². The second-order valence-corrected chi connectivity index (χ2v) is 8.60. The fraction of sp³-hybridized carbons (Fsp3) is 0.944. The zero-order valence-corrected chi connectivity index (χ0v) is 16.4. The van der Waals surface area contributed by atoms with Gasteiger partial charge in [-0.25, -0.2) is 0 Å². The van der Waals surface area contributed by atoms with Gasteiger partial charge in [-0.1, -0.05) is 0 Å². The van der Waals surface area contributed by atoms with E-state index in [0.29, 0.717) is 12.8 Å². The first-order valence-electron chi connectivity index (χ1n) is 9.62. The Hall–Kier alpha value is -0.730. The van der Waals surface area contributed by atoms with Crippen LogP contribution in [0.1, 0.15) is 40.5 Å². The molecule has 2 aliphatic heterocycles. The number of hydrogen-bond donors (Lipinski definition) is 3. The number of hydroxylamine groups is 2. The van der Waals surface area contributed by atoms with E-state index in [1.807, 2.05) is 32.6 Å². The minimum Gasteiger partial charge on any atom is -0.340 e. The van der Waals surface area contributed by atoms with Gasteiger partial charge in [0, 0.05) is 69.4 Å². The Morgan fingerprint density at radius 1 is 0.800 bits per heavy atom. The number of carbonyl (C=O) groups is 1. The molecule has 0 atom stereocenters. The molecule has 2 heterocycles. The van der Waals surface area contributed by atoms with E-state index in [4.69, 9.17) is 0 Å². The van der Waals surface area contributed by atoms with Gasteiger partial charge in [0.05, 0.1) is 0 Å². The topological polar surface area (TPSA) is 79.5 Å². The molecule has 1 amide bonds. The third-order valence-electron chi connectivity index (χ3n) is 5.33. The molecular formula is C18H36N5O2. The Bertz CT molecular complexity index is 411. The summed E-state index contributed by atoms with van der Waals surface area (Å²) in [6.07, 6.45) is 1.25. The minimum absolute atomic E-state index is 0.0789. The van der Waals surface area contributed by atoms with Crippen molar-refractivity contribution in [2.75, 3.05) is 52.4 Å². The second-order valence-electron chi connectivity index (χ2n) is 8.60. The van der Waals surface area contributed by atoms with E-state index < -0.39 is 11.1 Å². The molecule has 7 nitrogen and oxygen atoms in total. The van der Waals surface area contributed by atoms with E-state index >= 15 is 0 Å². The predicted molar refractivity (Wildman–Crippen MR) is 98.6 cm³/mol. The van der Waals surface area contributed by atoms with E-state index in [1.165, 1.54) is 5.06 Å². The molecule has 0 aromatic carbocycles. The normalized spacial score (nSPS) is 27.3. The Morgan fingerprint density at radius 2 is 1.20 bits per heavy atom. The quantitative estimate of drug-likeness (QED) is 0.627. The molecule has 0 unspecified atom stereocenters. The van der Waals surface area contributed by atoms with Crippen LogP contribution in [0.5, 0.6) is 0 Å². The highest BCUT2D eigenvalue weighted by Gasteiger charge is 2.48. The maximum Gasteiger partial charge on any atom is 0.225 e. The molecule has 0 aromatic rings. The summed E-state index contributed by atoms with van der Waals surface area (Å²) >= 11 is 0. The fourth-order valence-corrected chi connectivity index (χ4v) is 4.18. The predicted octanol–water partition coefficient (Wildman–Crippen LogP) is 0.212. The molecule has 3 N–H and O–H groups in total. The lowest BCUT2D eigenvalue weighted by atomic mass is 9.75. The van der Waals surface area contributed by atoms with Crippen molar-refractivity contribution >= 4 is 5.91 Å². The zero-order valence-electron chi connectivity index (χ0n) is 16.4. The van der Waals surface area contributed by atoms with E-state index in [9.17, 15) is 10.0 Å². The summed E-state index contributed by atoms with van der Waals surface area (Å²) < 4.78 is 0. The first kappa shape index (κ1) is 20.6. The van der Waals surface area contributed by atoms with Crippen LogP contribution in [0.3, 0.4) is 0 Å². The standard InChI is InChI=1S/C18H36N5O2/c1-17(2)13-15(14-18(3,4)23(17)25)16(24)22-11-9-20-7-5-19-6-8-21-10-12-22/h15,19-21H,5-14H2,1-4H3. The van der Waals surface area contributed by atoms with Gasteiger partial charge in [-0.2, -0.15) is 0 Å². The van der Waals surface area contributed by atoms with Crippen LogP contribution < -0.4 is 16.0 Å². The molecule has 0 bridgehead atoms. The highest BCUT2D eigenvalue weighted by Crippen LogP contribution is 2.40. The SMILES string of the molecule is CC1(C)CC(C(=O)N2CCNCCNCCNCC2)CC(C)(C)N1[O]. The number of rotatable bonds is 1. The van der Waals surface area contributed by atoms with Crippen molar-refractivity contribution in [1.29, 1.82) is 0 Å². The maximum atomic E-state index is 13.2. The van der Waals surface area contributed by atoms with Gasteiger partial charge in [0.2, 0.25) is 5.91 Å². The van der Waals surface area contributed by atoms with Crippen molar-refractivity contribution in [3.63, 3.8) is 0 Å². The molecule has 0 saturated carbocycles. The van der Waals surface area contributed by atoms with Crippen LogP contribution >= 0.6 is 0 Å². The summed E-state index contributed by atoms with van der Waals surface area (Å²) in [5.41, 5.74) is -1.01. The molecule has 0 aromatic heterocycles. The number of carbonyl (C=O) groups excluding carboxylic acids is 1. The van der Waals surface area contributed by atoms with E-state index in [-0.39, 0.29) is 11.8 Å². The number of nitrogens with zero attached hydrogens (tertiary/aromatic N) is 2. The first-order chi connectivity index (χ1) is 11.7. The molecule has 7 heteroatoms. The molecular weight excluding hydrogens is 318 g/mol. The molecule has 1 radical (unpaired) electrons. The number of piperidine rings is 1. The van der Waals surface area contributed by atoms with Crippen LogP contribution in [0.25, 0.3) is 0 Å². The second kappa shape index (κ2) is 8.77. The van der Waals surface area contributed by atoms with Crippen LogP contribution in [0.2, 0.25) is 0 Å². The number of hydrogen-bond acceptors (Lipinski definition) is 5. The van der Waals surface area contributed by atoms with Crippen LogP contribution in [-0.2, 0) is 10.0 Å². The molecule has 25 heavy (non-hydrogen) atoms. The average molecular weight is 355 g/mol. The van der Waals surface area contributed by atoms with E-state index in [2.05, 4.69) is 16.0 Å². The summed E-state index contributed by atoms with van der Waals surface area (Å²) in [6.45, 7) is 14.6. The molecule has 0 aliphatic carbocycles. The van der Waals surface area contributed by atoms with Gasteiger partial charge in [-0.15, -0.1) is 10.3 Å². The molecule has 145 valence electrons. The van der Waals surface area contributed by atoms with Gasteiger partial charge in [0.1, 0.15) is 0 Å². The lowest BCUT2D eigenvalue weighted by Crippen LogP contribution is -2.60. The first-order valence-corrected chi connectivity index (χ1v) is 9.62. The van der Waals surface area contributed by atoms with Gasteiger partial charge in [0.25, 0.3) is 0 Å². The molecule has 2 rings (SSSR count). The Balaban J connectivity index is 2.02. The highest BCUT2D eigenvalue weighted by molar-refractivity contribution is 5.79. The van der Waals surface area contributed by atoms with E-state index in [0.717, 1.165) is 52.4 Å².